The third kappa shape index (κ3) is 8.10. The summed E-state index contributed by atoms with van der Waals surface area (Å²) < 4.78 is 0. The zero-order chi connectivity index (χ0) is 9.40. The molecule has 0 unspecified atom stereocenters. The minimum atomic E-state index is 0.897. The lowest BCUT2D eigenvalue weighted by molar-refractivity contribution is 0.458. The van der Waals surface area contributed by atoms with Crippen molar-refractivity contribution in [2.75, 3.05) is 0 Å². The third-order valence-corrected chi connectivity index (χ3v) is 2.68. The molecule has 0 nitrogen and oxygen atoms in total. The van der Waals surface area contributed by atoms with Crippen molar-refractivity contribution in [2.45, 2.75) is 66.2 Å². The first-order valence-electron chi connectivity index (χ1n) is 5.66. The van der Waals surface area contributed by atoms with E-state index in [1.165, 1.54) is 38.5 Å². The van der Waals surface area contributed by atoms with E-state index in [-0.39, 0.29) is 0 Å². The van der Waals surface area contributed by atoms with Crippen LogP contribution in [0.1, 0.15) is 66.2 Å². The summed E-state index contributed by atoms with van der Waals surface area (Å²) in [4.78, 5) is 0. The summed E-state index contributed by atoms with van der Waals surface area (Å²) in [5, 5.41) is 0. The SMILES string of the molecule is CC[C@H](C)CCCCCC(C)C. The van der Waals surface area contributed by atoms with Crippen LogP contribution in [0, 0.1) is 11.8 Å². The highest BCUT2D eigenvalue weighted by Gasteiger charge is 1.98. The number of rotatable bonds is 7. The van der Waals surface area contributed by atoms with E-state index >= 15 is 0 Å². The summed E-state index contributed by atoms with van der Waals surface area (Å²) >= 11 is 0. The molecule has 12 heavy (non-hydrogen) atoms. The zero-order valence-corrected chi connectivity index (χ0v) is 9.40. The van der Waals surface area contributed by atoms with Gasteiger partial charge < -0.3 is 0 Å². The molecule has 0 fully saturated rings. The molecule has 0 saturated carbocycles. The van der Waals surface area contributed by atoms with Crippen LogP contribution in [0.2, 0.25) is 0 Å². The monoisotopic (exact) mass is 170 g/mol. The molecule has 0 aliphatic carbocycles. The molecule has 0 aromatic rings. The lowest BCUT2D eigenvalue weighted by atomic mass is 9.99. The van der Waals surface area contributed by atoms with Crippen molar-refractivity contribution in [3.63, 3.8) is 0 Å². The van der Waals surface area contributed by atoms with Crippen molar-refractivity contribution in [1.82, 2.24) is 0 Å². The molecule has 1 atom stereocenters. The molecular formula is C12H26. The minimum absolute atomic E-state index is 0.897. The van der Waals surface area contributed by atoms with E-state index in [2.05, 4.69) is 27.7 Å². The van der Waals surface area contributed by atoms with Gasteiger partial charge in [0.2, 0.25) is 0 Å². The quantitative estimate of drug-likeness (QED) is 0.488. The van der Waals surface area contributed by atoms with Gasteiger partial charge in [-0.25, -0.2) is 0 Å². The van der Waals surface area contributed by atoms with E-state index in [4.69, 9.17) is 0 Å². The van der Waals surface area contributed by atoms with Crippen LogP contribution in [0.3, 0.4) is 0 Å². The molecule has 0 radical (unpaired) electrons. The molecule has 74 valence electrons. The number of unbranched alkanes of at least 4 members (excludes halogenated alkanes) is 2. The van der Waals surface area contributed by atoms with E-state index in [1.807, 2.05) is 0 Å². The molecule has 0 N–H and O–H groups in total. The Hall–Kier alpha value is 0. The maximum atomic E-state index is 2.36. The Balaban J connectivity index is 3.00. The van der Waals surface area contributed by atoms with E-state index in [9.17, 15) is 0 Å². The van der Waals surface area contributed by atoms with E-state index in [0.29, 0.717) is 0 Å². The van der Waals surface area contributed by atoms with Crippen molar-refractivity contribution >= 4 is 0 Å². The summed E-state index contributed by atoms with van der Waals surface area (Å²) in [6, 6.07) is 0. The van der Waals surface area contributed by atoms with Gasteiger partial charge in [-0.3, -0.25) is 0 Å². The van der Waals surface area contributed by atoms with Gasteiger partial charge in [0.15, 0.2) is 0 Å². The maximum Gasteiger partial charge on any atom is -0.0445 e. The standard InChI is InChI=1S/C12H26/c1-5-12(4)10-8-6-7-9-11(2)3/h11-12H,5-10H2,1-4H3/t12-/m0/s1. The average Bonchev–Trinajstić information content (AvgIpc) is 2.03. The third-order valence-electron chi connectivity index (χ3n) is 2.68. The van der Waals surface area contributed by atoms with Crippen LogP contribution < -0.4 is 0 Å². The van der Waals surface area contributed by atoms with Gasteiger partial charge >= 0.3 is 0 Å². The first kappa shape index (κ1) is 12.0. The topological polar surface area (TPSA) is 0 Å². The van der Waals surface area contributed by atoms with Crippen molar-refractivity contribution in [2.24, 2.45) is 11.8 Å². The lowest BCUT2D eigenvalue weighted by Gasteiger charge is -2.08. The van der Waals surface area contributed by atoms with Crippen molar-refractivity contribution < 1.29 is 0 Å². The maximum absolute atomic E-state index is 2.36. The van der Waals surface area contributed by atoms with E-state index in [1.54, 1.807) is 0 Å². The zero-order valence-electron chi connectivity index (χ0n) is 9.40. The summed E-state index contributed by atoms with van der Waals surface area (Å²) in [5.41, 5.74) is 0. The molecular weight excluding hydrogens is 144 g/mol. The Morgan fingerprint density at radius 3 is 1.92 bits per heavy atom. The van der Waals surface area contributed by atoms with Crippen LogP contribution in [0.25, 0.3) is 0 Å². The fourth-order valence-electron chi connectivity index (χ4n) is 1.43. The van der Waals surface area contributed by atoms with Crippen molar-refractivity contribution in [1.29, 1.82) is 0 Å². The second-order valence-corrected chi connectivity index (χ2v) is 4.55. The van der Waals surface area contributed by atoms with Crippen molar-refractivity contribution in [3.8, 4) is 0 Å². The minimum Gasteiger partial charge on any atom is -0.0651 e. The van der Waals surface area contributed by atoms with Crippen LogP contribution in [0.4, 0.5) is 0 Å². The first-order chi connectivity index (χ1) is 5.66. The predicted molar refractivity (Wildman–Crippen MR) is 57.4 cm³/mol. The predicted octanol–water partition coefficient (Wildman–Crippen LogP) is 4.64. The molecule has 0 spiro atoms. The van der Waals surface area contributed by atoms with Gasteiger partial charge in [0, 0.05) is 0 Å². The summed E-state index contributed by atoms with van der Waals surface area (Å²) in [6.45, 7) is 9.28. The smallest absolute Gasteiger partial charge is 0.0445 e. The molecule has 0 heterocycles. The Morgan fingerprint density at radius 1 is 0.833 bits per heavy atom. The largest absolute Gasteiger partial charge is 0.0651 e. The highest BCUT2D eigenvalue weighted by molar-refractivity contribution is 4.52. The molecule has 0 heteroatoms. The van der Waals surface area contributed by atoms with Gasteiger partial charge in [-0.1, -0.05) is 66.2 Å². The fraction of sp³-hybridized carbons (Fsp3) is 1.00. The molecule has 0 saturated heterocycles. The highest BCUT2D eigenvalue weighted by atomic mass is 14.0. The molecule has 0 aromatic heterocycles. The van der Waals surface area contributed by atoms with Crippen LogP contribution in [0.15, 0.2) is 0 Å². The Labute approximate surface area is 78.8 Å². The molecule has 0 aromatic carbocycles. The summed E-state index contributed by atoms with van der Waals surface area (Å²) in [6.07, 6.45) is 8.54. The summed E-state index contributed by atoms with van der Waals surface area (Å²) in [7, 11) is 0. The molecule has 0 aliphatic rings. The molecule has 0 bridgehead atoms. The Bertz CT molecular complexity index is 84.0. The lowest BCUT2D eigenvalue weighted by Crippen LogP contribution is -1.92. The van der Waals surface area contributed by atoms with Crippen LogP contribution in [-0.2, 0) is 0 Å². The Kier molecular flexibility index (Phi) is 7.64. The normalized spacial score (nSPS) is 13.8. The van der Waals surface area contributed by atoms with E-state index in [0.717, 1.165) is 11.8 Å². The average molecular weight is 170 g/mol. The van der Waals surface area contributed by atoms with Gasteiger partial charge in [0.1, 0.15) is 0 Å². The second kappa shape index (κ2) is 7.64. The summed E-state index contributed by atoms with van der Waals surface area (Å²) in [5.74, 6) is 1.85. The number of hydrogen-bond donors (Lipinski definition) is 0. The van der Waals surface area contributed by atoms with Crippen LogP contribution in [0.5, 0.6) is 0 Å². The van der Waals surface area contributed by atoms with Gasteiger partial charge in [-0.05, 0) is 11.8 Å². The number of hydrogen-bond acceptors (Lipinski definition) is 0. The van der Waals surface area contributed by atoms with E-state index < -0.39 is 0 Å². The second-order valence-electron chi connectivity index (χ2n) is 4.55. The highest BCUT2D eigenvalue weighted by Crippen LogP contribution is 2.14. The fourth-order valence-corrected chi connectivity index (χ4v) is 1.43. The van der Waals surface area contributed by atoms with Gasteiger partial charge in [-0.15, -0.1) is 0 Å². The van der Waals surface area contributed by atoms with Crippen molar-refractivity contribution in [3.05, 3.63) is 0 Å². The molecule has 0 rings (SSSR count). The van der Waals surface area contributed by atoms with Crippen LogP contribution >= 0.6 is 0 Å². The van der Waals surface area contributed by atoms with Gasteiger partial charge in [0.05, 0.1) is 0 Å². The molecule has 0 aliphatic heterocycles. The van der Waals surface area contributed by atoms with Gasteiger partial charge in [0.25, 0.3) is 0 Å². The van der Waals surface area contributed by atoms with Crippen LogP contribution in [-0.4, -0.2) is 0 Å². The molecule has 0 amide bonds. The Morgan fingerprint density at radius 2 is 1.42 bits per heavy atom. The van der Waals surface area contributed by atoms with Gasteiger partial charge in [-0.2, -0.15) is 0 Å². The first-order valence-corrected chi connectivity index (χ1v) is 5.66.